The maximum atomic E-state index is 13.0. The van der Waals surface area contributed by atoms with E-state index in [9.17, 15) is 19.7 Å². The summed E-state index contributed by atoms with van der Waals surface area (Å²) in [4.78, 5) is 37.6. The number of amides is 2. The van der Waals surface area contributed by atoms with E-state index < -0.39 is 11.0 Å². The summed E-state index contributed by atoms with van der Waals surface area (Å²) in [5.41, 5.74) is 2.07. The molecule has 0 radical (unpaired) electrons. The van der Waals surface area contributed by atoms with Gasteiger partial charge in [-0.1, -0.05) is 49.4 Å². The molecule has 0 aromatic heterocycles. The first-order valence-electron chi connectivity index (χ1n) is 10.4. The highest BCUT2D eigenvalue weighted by atomic mass is 32.2. The second-order valence-electron chi connectivity index (χ2n) is 7.06. The molecule has 2 rings (SSSR count). The highest BCUT2D eigenvalue weighted by Gasteiger charge is 2.27. The molecule has 2 amide bonds. The number of nitro benzene ring substituents is 1. The Balaban J connectivity index is 2.01. The number of non-ortho nitro benzene ring substituents is 1. The minimum Gasteiger partial charge on any atom is -0.355 e. The number of nitrogens with zero attached hydrogens (tertiary/aromatic N) is 2. The van der Waals surface area contributed by atoms with Crippen molar-refractivity contribution in [1.29, 1.82) is 0 Å². The van der Waals surface area contributed by atoms with Gasteiger partial charge in [-0.25, -0.2) is 0 Å². The van der Waals surface area contributed by atoms with Crippen LogP contribution in [0.15, 0.2) is 54.6 Å². The Morgan fingerprint density at radius 2 is 1.74 bits per heavy atom. The van der Waals surface area contributed by atoms with Crippen LogP contribution in [0.1, 0.15) is 31.4 Å². The predicted octanol–water partition coefficient (Wildman–Crippen LogP) is 3.81. The maximum absolute atomic E-state index is 13.0. The van der Waals surface area contributed by atoms with Gasteiger partial charge in [0.05, 0.1) is 10.7 Å². The summed E-state index contributed by atoms with van der Waals surface area (Å²) < 4.78 is 0. The van der Waals surface area contributed by atoms with Gasteiger partial charge in [0.1, 0.15) is 6.04 Å². The zero-order chi connectivity index (χ0) is 22.6. The van der Waals surface area contributed by atoms with Crippen molar-refractivity contribution in [3.63, 3.8) is 0 Å². The summed E-state index contributed by atoms with van der Waals surface area (Å²) in [5.74, 6) is 0.586. The third-order valence-corrected chi connectivity index (χ3v) is 5.85. The number of nitrogens with one attached hydrogen (secondary N) is 1. The largest absolute Gasteiger partial charge is 0.355 e. The number of hydrogen-bond donors (Lipinski definition) is 1. The van der Waals surface area contributed by atoms with Gasteiger partial charge in [0.2, 0.25) is 11.8 Å². The Labute approximate surface area is 187 Å². The molecule has 31 heavy (non-hydrogen) atoms. The van der Waals surface area contributed by atoms with Crippen molar-refractivity contribution in [2.24, 2.45) is 0 Å². The molecule has 2 aromatic rings. The lowest BCUT2D eigenvalue weighted by Gasteiger charge is -2.30. The van der Waals surface area contributed by atoms with Crippen molar-refractivity contribution < 1.29 is 14.5 Å². The van der Waals surface area contributed by atoms with Crippen LogP contribution in [0, 0.1) is 10.1 Å². The van der Waals surface area contributed by atoms with E-state index in [0.29, 0.717) is 31.7 Å². The van der Waals surface area contributed by atoms with Gasteiger partial charge in [0.15, 0.2) is 0 Å². The van der Waals surface area contributed by atoms with Crippen LogP contribution in [0.3, 0.4) is 0 Å². The first kappa shape index (κ1) is 24.4. The number of thioether (sulfide) groups is 1. The second kappa shape index (κ2) is 12.7. The number of rotatable bonds is 12. The SMILES string of the molecule is CCNC(=O)[C@H](CC)N(CCc1ccccc1)C(=O)CSCc1ccc([N+](=O)[O-])cc1. The smallest absolute Gasteiger partial charge is 0.269 e. The molecule has 0 fully saturated rings. The van der Waals surface area contributed by atoms with Crippen LogP contribution in [-0.4, -0.2) is 46.5 Å². The van der Waals surface area contributed by atoms with Gasteiger partial charge < -0.3 is 10.2 Å². The molecule has 0 saturated carbocycles. The lowest BCUT2D eigenvalue weighted by atomic mass is 10.1. The Morgan fingerprint density at radius 3 is 2.32 bits per heavy atom. The monoisotopic (exact) mass is 443 g/mol. The molecule has 7 nitrogen and oxygen atoms in total. The topological polar surface area (TPSA) is 92.6 Å². The van der Waals surface area contributed by atoms with E-state index in [4.69, 9.17) is 0 Å². The molecule has 1 atom stereocenters. The van der Waals surface area contributed by atoms with Crippen molar-refractivity contribution >= 4 is 29.3 Å². The normalized spacial score (nSPS) is 11.5. The van der Waals surface area contributed by atoms with Gasteiger partial charge in [-0.15, -0.1) is 11.8 Å². The van der Waals surface area contributed by atoms with Crippen LogP contribution in [0.5, 0.6) is 0 Å². The summed E-state index contributed by atoms with van der Waals surface area (Å²) in [6.45, 7) is 4.76. The molecular weight excluding hydrogens is 414 g/mol. The number of nitro groups is 1. The zero-order valence-corrected chi connectivity index (χ0v) is 18.8. The molecule has 166 valence electrons. The summed E-state index contributed by atoms with van der Waals surface area (Å²) in [5, 5.41) is 13.6. The quantitative estimate of drug-likeness (QED) is 0.398. The van der Waals surface area contributed by atoms with Crippen molar-refractivity contribution in [2.75, 3.05) is 18.8 Å². The van der Waals surface area contributed by atoms with E-state index in [1.807, 2.05) is 44.2 Å². The number of likely N-dealkylation sites (N-methyl/N-ethyl adjacent to an activating group) is 1. The predicted molar refractivity (Wildman–Crippen MR) is 124 cm³/mol. The molecule has 2 aromatic carbocycles. The van der Waals surface area contributed by atoms with E-state index in [1.54, 1.807) is 17.0 Å². The van der Waals surface area contributed by atoms with E-state index in [0.717, 1.165) is 11.1 Å². The first-order valence-corrected chi connectivity index (χ1v) is 11.5. The van der Waals surface area contributed by atoms with Crippen LogP contribution in [-0.2, 0) is 21.8 Å². The van der Waals surface area contributed by atoms with Crippen molar-refractivity contribution in [3.8, 4) is 0 Å². The third kappa shape index (κ3) is 7.71. The van der Waals surface area contributed by atoms with Gasteiger partial charge >= 0.3 is 0 Å². The third-order valence-electron chi connectivity index (χ3n) is 4.86. The Bertz CT molecular complexity index is 859. The fourth-order valence-electron chi connectivity index (χ4n) is 3.24. The molecule has 0 saturated heterocycles. The number of hydrogen-bond acceptors (Lipinski definition) is 5. The number of benzene rings is 2. The molecule has 0 aliphatic carbocycles. The molecule has 0 spiro atoms. The highest BCUT2D eigenvalue weighted by Crippen LogP contribution is 2.18. The molecule has 0 bridgehead atoms. The summed E-state index contributed by atoms with van der Waals surface area (Å²) in [7, 11) is 0. The van der Waals surface area contributed by atoms with Gasteiger partial charge in [-0.3, -0.25) is 19.7 Å². The average molecular weight is 444 g/mol. The lowest BCUT2D eigenvalue weighted by molar-refractivity contribution is -0.384. The van der Waals surface area contributed by atoms with Gasteiger partial charge in [-0.05, 0) is 30.9 Å². The molecule has 0 heterocycles. The van der Waals surface area contributed by atoms with Crippen molar-refractivity contribution in [1.82, 2.24) is 10.2 Å². The molecule has 1 N–H and O–H groups in total. The Morgan fingerprint density at radius 1 is 1.06 bits per heavy atom. The zero-order valence-electron chi connectivity index (χ0n) is 18.0. The van der Waals surface area contributed by atoms with Crippen LogP contribution in [0.2, 0.25) is 0 Å². The first-order chi connectivity index (χ1) is 15.0. The summed E-state index contributed by atoms with van der Waals surface area (Å²) in [6, 6.07) is 15.7. The van der Waals surface area contributed by atoms with Gasteiger partial charge in [0.25, 0.3) is 5.69 Å². The van der Waals surface area contributed by atoms with E-state index in [-0.39, 0.29) is 23.3 Å². The molecule has 0 aliphatic rings. The summed E-state index contributed by atoms with van der Waals surface area (Å²) >= 11 is 1.44. The van der Waals surface area contributed by atoms with E-state index >= 15 is 0 Å². The van der Waals surface area contributed by atoms with E-state index in [2.05, 4.69) is 5.32 Å². The second-order valence-corrected chi connectivity index (χ2v) is 8.04. The minimum atomic E-state index is -0.504. The van der Waals surface area contributed by atoms with Crippen LogP contribution < -0.4 is 5.32 Å². The fraction of sp³-hybridized carbons (Fsp3) is 0.391. The van der Waals surface area contributed by atoms with Gasteiger partial charge in [0, 0.05) is 31.0 Å². The molecule has 0 unspecified atom stereocenters. The number of carbonyl (C=O) groups excluding carboxylic acids is 2. The highest BCUT2D eigenvalue weighted by molar-refractivity contribution is 7.99. The van der Waals surface area contributed by atoms with E-state index in [1.165, 1.54) is 23.9 Å². The number of carbonyl (C=O) groups is 2. The molecule has 8 heteroatoms. The molecule has 0 aliphatic heterocycles. The Hall–Kier alpha value is -2.87. The van der Waals surface area contributed by atoms with Crippen LogP contribution >= 0.6 is 11.8 Å². The fourth-order valence-corrected chi connectivity index (χ4v) is 4.11. The van der Waals surface area contributed by atoms with Crippen molar-refractivity contribution in [3.05, 3.63) is 75.8 Å². The summed E-state index contributed by atoms with van der Waals surface area (Å²) in [6.07, 6.45) is 1.22. The van der Waals surface area contributed by atoms with Gasteiger partial charge in [-0.2, -0.15) is 0 Å². The lowest BCUT2D eigenvalue weighted by Crippen LogP contribution is -2.50. The van der Waals surface area contributed by atoms with Crippen LogP contribution in [0.4, 0.5) is 5.69 Å². The average Bonchev–Trinajstić information content (AvgIpc) is 2.77. The maximum Gasteiger partial charge on any atom is 0.269 e. The Kier molecular flexibility index (Phi) is 10.0. The van der Waals surface area contributed by atoms with Crippen molar-refractivity contribution in [2.45, 2.75) is 38.5 Å². The van der Waals surface area contributed by atoms with Crippen LogP contribution in [0.25, 0.3) is 0 Å². The molecular formula is C23H29N3O4S. The minimum absolute atomic E-state index is 0.0460. The standard InChI is InChI=1S/C23H29N3O4S/c1-3-21(23(28)24-4-2)25(15-14-18-8-6-5-7-9-18)22(27)17-31-16-19-10-12-20(13-11-19)26(29)30/h5-13,21H,3-4,14-17H2,1-2H3,(H,24,28)/t21-/m0/s1.